The molecule has 4 rings (SSSR count). The summed E-state index contributed by atoms with van der Waals surface area (Å²) in [5.74, 6) is 0.509. The maximum Gasteiger partial charge on any atom is 0.315 e. The van der Waals surface area contributed by atoms with Gasteiger partial charge in [-0.2, -0.15) is 0 Å². The van der Waals surface area contributed by atoms with Crippen LogP contribution in [-0.4, -0.2) is 43.2 Å². The lowest BCUT2D eigenvalue weighted by Crippen LogP contribution is -2.33. The van der Waals surface area contributed by atoms with E-state index in [2.05, 4.69) is 20.3 Å². The van der Waals surface area contributed by atoms with Gasteiger partial charge in [0.1, 0.15) is 5.75 Å². The minimum absolute atomic E-state index is 0.111. The molecule has 1 fully saturated rings. The Hall–Kier alpha value is -2.23. The molecule has 1 aliphatic rings. The highest BCUT2D eigenvalue weighted by Gasteiger charge is 2.38. The number of rotatable bonds is 8. The minimum atomic E-state index is -2.92. The molecule has 0 bridgehead atoms. The van der Waals surface area contributed by atoms with Gasteiger partial charge in [0, 0.05) is 28.3 Å². The average molecular weight is 550 g/mol. The first-order valence-corrected chi connectivity index (χ1v) is 13.7. The van der Waals surface area contributed by atoms with Crippen LogP contribution in [0.1, 0.15) is 12.8 Å². The monoisotopic (exact) mass is 548 g/mol. The van der Waals surface area contributed by atoms with Crippen molar-refractivity contribution in [3.8, 4) is 5.75 Å². The van der Waals surface area contributed by atoms with E-state index in [0.29, 0.717) is 10.6 Å². The zero-order valence-corrected chi connectivity index (χ0v) is 21.8. The van der Waals surface area contributed by atoms with E-state index in [-0.39, 0.29) is 17.8 Å². The number of thioether (sulfide) groups is 1. The van der Waals surface area contributed by atoms with Crippen molar-refractivity contribution in [3.05, 3.63) is 59.1 Å². The summed E-state index contributed by atoms with van der Waals surface area (Å²) in [7, 11) is 1.68. The smallest absolute Gasteiger partial charge is 0.315 e. The number of halogens is 1. The summed E-state index contributed by atoms with van der Waals surface area (Å²) in [6.45, 7) is 0. The molecule has 0 heterocycles. The van der Waals surface area contributed by atoms with Crippen LogP contribution in [0.25, 0.3) is 10.8 Å². The Morgan fingerprint density at radius 3 is 2.39 bits per heavy atom. The van der Waals surface area contributed by atoms with E-state index in [1.807, 2.05) is 58.9 Å². The number of fused-ring (bicyclic) bond motifs is 1. The van der Waals surface area contributed by atoms with E-state index in [4.69, 9.17) is 9.47 Å². The van der Waals surface area contributed by atoms with Crippen LogP contribution >= 0.6 is 27.7 Å². The topological polar surface area (TPSA) is 68.2 Å². The molecule has 0 saturated heterocycles. The number of methoxy groups -OCH3 is 2. The summed E-state index contributed by atoms with van der Waals surface area (Å²) in [4.78, 5) is 13.3. The first-order valence-electron chi connectivity index (χ1n) is 10.4. The zero-order valence-electron chi connectivity index (χ0n) is 18.6. The Bertz CT molecular complexity index is 1300. The van der Waals surface area contributed by atoms with Crippen molar-refractivity contribution in [2.24, 2.45) is 4.36 Å². The minimum Gasteiger partial charge on any atom is -0.495 e. The van der Waals surface area contributed by atoms with Crippen LogP contribution < -0.4 is 9.04 Å². The summed E-state index contributed by atoms with van der Waals surface area (Å²) >= 11 is 4.80. The van der Waals surface area contributed by atoms with Crippen molar-refractivity contribution < 1.29 is 18.5 Å². The van der Waals surface area contributed by atoms with Gasteiger partial charge in [0.15, 0.2) is 9.92 Å². The molecular weight excluding hydrogens is 524 g/mol. The van der Waals surface area contributed by atoms with Crippen molar-refractivity contribution in [2.75, 3.05) is 31.3 Å². The highest BCUT2D eigenvalue weighted by Crippen LogP contribution is 2.46. The summed E-state index contributed by atoms with van der Waals surface area (Å²) in [5.41, 5.74) is 0.819. The third-order valence-electron chi connectivity index (χ3n) is 5.47. The van der Waals surface area contributed by atoms with Crippen LogP contribution in [0.15, 0.2) is 73.2 Å². The van der Waals surface area contributed by atoms with E-state index in [9.17, 15) is 9.00 Å². The van der Waals surface area contributed by atoms with Crippen molar-refractivity contribution >= 4 is 60.0 Å². The molecule has 1 saturated carbocycles. The molecule has 0 spiro atoms. The Morgan fingerprint density at radius 1 is 1.15 bits per heavy atom. The standard InChI is InChI=1S/C24H25BrN2O4S2/c1-26-33(29,18-12-8-16(25)9-13-18)27(17-10-11-17)21-14-22(32-15-23(28)30-2)24(31-3)20-7-5-4-6-19(20)21/h4-9,12-14,17H,10-11,15H2,1-3H3. The molecule has 0 N–H and O–H groups in total. The first-order chi connectivity index (χ1) is 15.9. The van der Waals surface area contributed by atoms with E-state index >= 15 is 0 Å². The van der Waals surface area contributed by atoms with Gasteiger partial charge in [-0.25, -0.2) is 8.57 Å². The number of ether oxygens (including phenoxy) is 2. The lowest BCUT2D eigenvalue weighted by atomic mass is 10.1. The molecule has 1 aliphatic carbocycles. The number of esters is 1. The molecule has 0 aromatic heterocycles. The fourth-order valence-electron chi connectivity index (χ4n) is 3.76. The number of carbonyl (C=O) groups is 1. The van der Waals surface area contributed by atoms with Gasteiger partial charge < -0.3 is 9.47 Å². The fourth-order valence-corrected chi connectivity index (χ4v) is 7.07. The van der Waals surface area contributed by atoms with Crippen molar-refractivity contribution in [2.45, 2.75) is 28.7 Å². The molecule has 0 amide bonds. The van der Waals surface area contributed by atoms with Crippen molar-refractivity contribution in [1.29, 1.82) is 0 Å². The molecule has 33 heavy (non-hydrogen) atoms. The van der Waals surface area contributed by atoms with E-state index in [1.165, 1.54) is 18.9 Å². The number of benzene rings is 3. The summed E-state index contributed by atoms with van der Waals surface area (Å²) in [6, 6.07) is 17.5. The molecule has 1 atom stereocenters. The molecule has 0 aliphatic heterocycles. The maximum absolute atomic E-state index is 14.5. The number of carbonyl (C=O) groups excluding carboxylic acids is 1. The molecular formula is C24H25BrN2O4S2. The summed E-state index contributed by atoms with van der Waals surface area (Å²) in [6.07, 6.45) is 1.88. The van der Waals surface area contributed by atoms with Crippen LogP contribution in [-0.2, 0) is 19.4 Å². The van der Waals surface area contributed by atoms with Crippen LogP contribution in [0, 0.1) is 0 Å². The Kier molecular flexibility index (Phi) is 7.21. The molecule has 0 radical (unpaired) electrons. The van der Waals surface area contributed by atoms with Crippen molar-refractivity contribution in [1.82, 2.24) is 0 Å². The second kappa shape index (κ2) is 9.95. The highest BCUT2D eigenvalue weighted by atomic mass is 79.9. The molecule has 174 valence electrons. The van der Waals surface area contributed by atoms with Gasteiger partial charge in [-0.3, -0.25) is 9.10 Å². The van der Waals surface area contributed by atoms with E-state index in [0.717, 1.165) is 38.7 Å². The first kappa shape index (κ1) is 23.9. The number of hydrogen-bond acceptors (Lipinski definition) is 6. The molecule has 9 heteroatoms. The van der Waals surface area contributed by atoms with Crippen LogP contribution in [0.5, 0.6) is 5.75 Å². The number of hydrogen-bond donors (Lipinski definition) is 0. The lowest BCUT2D eigenvalue weighted by molar-refractivity contribution is -0.137. The van der Waals surface area contributed by atoms with E-state index < -0.39 is 9.92 Å². The third kappa shape index (κ3) is 4.72. The third-order valence-corrected chi connectivity index (χ3v) is 9.40. The van der Waals surface area contributed by atoms with Gasteiger partial charge in [-0.05, 0) is 43.2 Å². The van der Waals surface area contributed by atoms with Crippen molar-refractivity contribution in [3.63, 3.8) is 0 Å². The summed E-state index contributed by atoms with van der Waals surface area (Å²) in [5, 5.41) is 1.82. The predicted molar refractivity (Wildman–Crippen MR) is 138 cm³/mol. The fraction of sp³-hybridized carbons (Fsp3) is 0.292. The quantitative estimate of drug-likeness (QED) is 0.258. The SMILES string of the molecule is CN=S(=O)(c1ccc(Br)cc1)N(c1cc(SCC(=O)OC)c(OC)c2ccccc12)C1CC1. The van der Waals surface area contributed by atoms with Gasteiger partial charge in [-0.1, -0.05) is 40.2 Å². The Balaban J connectivity index is 1.95. The Morgan fingerprint density at radius 2 is 1.82 bits per heavy atom. The zero-order chi connectivity index (χ0) is 23.6. The van der Waals surface area contributed by atoms with Crippen LogP contribution in [0.3, 0.4) is 0 Å². The molecule has 6 nitrogen and oxygen atoms in total. The molecule has 3 aromatic carbocycles. The van der Waals surface area contributed by atoms with Gasteiger partial charge >= 0.3 is 5.97 Å². The lowest BCUT2D eigenvalue weighted by Gasteiger charge is -2.30. The normalized spacial score (nSPS) is 15.0. The summed E-state index contributed by atoms with van der Waals surface area (Å²) < 4.78 is 32.4. The van der Waals surface area contributed by atoms with Crippen LogP contribution in [0.4, 0.5) is 5.69 Å². The van der Waals surface area contributed by atoms with Crippen LogP contribution in [0.2, 0.25) is 0 Å². The molecule has 3 aromatic rings. The largest absolute Gasteiger partial charge is 0.495 e. The van der Waals surface area contributed by atoms with E-state index in [1.54, 1.807) is 14.2 Å². The second-order valence-corrected chi connectivity index (χ2v) is 11.7. The highest BCUT2D eigenvalue weighted by molar-refractivity contribution is 9.10. The number of nitrogens with zero attached hydrogens (tertiary/aromatic N) is 2. The predicted octanol–water partition coefficient (Wildman–Crippen LogP) is 5.92. The number of anilines is 1. The second-order valence-electron chi connectivity index (χ2n) is 7.53. The van der Waals surface area contributed by atoms with Gasteiger partial charge in [0.25, 0.3) is 0 Å². The molecule has 1 unspecified atom stereocenters. The van der Waals surface area contributed by atoms with Gasteiger partial charge in [0.2, 0.25) is 0 Å². The van der Waals surface area contributed by atoms with Gasteiger partial charge in [0.05, 0.1) is 35.5 Å². The Labute approximate surface area is 207 Å². The van der Waals surface area contributed by atoms with Gasteiger partial charge in [-0.15, -0.1) is 11.8 Å². The average Bonchev–Trinajstić information content (AvgIpc) is 3.67. The maximum atomic E-state index is 14.5.